The molecule has 30 heavy (non-hydrogen) atoms. The van der Waals surface area contributed by atoms with Crippen LogP contribution in [-0.4, -0.2) is 53.9 Å². The van der Waals surface area contributed by atoms with E-state index in [1.54, 1.807) is 11.8 Å². The van der Waals surface area contributed by atoms with Crippen LogP contribution >= 0.6 is 11.8 Å². The molecule has 3 aliphatic heterocycles. The van der Waals surface area contributed by atoms with Crippen LogP contribution in [0.1, 0.15) is 43.7 Å². The van der Waals surface area contributed by atoms with Gasteiger partial charge < -0.3 is 10.6 Å². The standard InChI is InChI=1S/C23H32N4O2S/c1-3-4-11-24-21(28)17-6-5-12-27(13-17)23-25-19-18(14-30-20(19)22(29)26-23)16-9-7-15(2)8-10-16/h7-10,14,17,19-20,23,25H,3-6,11-13H2,1-2H3,(H,24,28)(H,26,29). The number of nitrogens with zero attached hydrogens (tertiary/aromatic N) is 1. The minimum absolute atomic E-state index is 0.0166. The fraction of sp³-hybridized carbons (Fsp3) is 0.565. The number of aryl methyl sites for hydroxylation is 1. The Hall–Kier alpha value is -1.83. The average Bonchev–Trinajstić information content (AvgIpc) is 3.19. The van der Waals surface area contributed by atoms with Crippen LogP contribution in [0.3, 0.4) is 0 Å². The third-order valence-corrected chi connectivity index (χ3v) is 7.43. The molecule has 162 valence electrons. The molecule has 0 radical (unpaired) electrons. The van der Waals surface area contributed by atoms with Crippen molar-refractivity contribution in [1.82, 2.24) is 20.9 Å². The predicted octanol–water partition coefficient (Wildman–Crippen LogP) is 2.45. The Balaban J connectivity index is 1.42. The topological polar surface area (TPSA) is 73.5 Å². The number of hydrogen-bond acceptors (Lipinski definition) is 5. The second kappa shape index (κ2) is 9.54. The number of fused-ring (bicyclic) bond motifs is 1. The van der Waals surface area contributed by atoms with E-state index in [0.29, 0.717) is 6.54 Å². The molecule has 3 aliphatic rings. The van der Waals surface area contributed by atoms with Gasteiger partial charge in [-0.05, 0) is 42.7 Å². The molecule has 2 saturated heterocycles. The number of thioether (sulfide) groups is 1. The lowest BCUT2D eigenvalue weighted by Gasteiger charge is -2.43. The van der Waals surface area contributed by atoms with Crippen molar-refractivity contribution in [3.05, 3.63) is 40.8 Å². The summed E-state index contributed by atoms with van der Waals surface area (Å²) in [5, 5.41) is 11.9. The molecule has 0 spiro atoms. The Morgan fingerprint density at radius 1 is 1.30 bits per heavy atom. The second-order valence-electron chi connectivity index (χ2n) is 8.53. The zero-order valence-electron chi connectivity index (χ0n) is 17.8. The molecule has 2 fully saturated rings. The molecule has 4 rings (SSSR count). The number of hydrogen-bond donors (Lipinski definition) is 3. The van der Waals surface area contributed by atoms with E-state index in [1.165, 1.54) is 11.1 Å². The van der Waals surface area contributed by atoms with Crippen LogP contribution in [0.2, 0.25) is 0 Å². The number of carbonyl (C=O) groups excluding carboxylic acids is 2. The first-order chi connectivity index (χ1) is 14.6. The summed E-state index contributed by atoms with van der Waals surface area (Å²) >= 11 is 1.59. The van der Waals surface area contributed by atoms with Crippen molar-refractivity contribution in [1.29, 1.82) is 0 Å². The highest BCUT2D eigenvalue weighted by Gasteiger charge is 2.44. The molecular formula is C23H32N4O2S. The van der Waals surface area contributed by atoms with Crippen LogP contribution in [0.4, 0.5) is 0 Å². The van der Waals surface area contributed by atoms with E-state index in [0.717, 1.165) is 44.3 Å². The summed E-state index contributed by atoms with van der Waals surface area (Å²) in [4.78, 5) is 27.6. The minimum atomic E-state index is -0.238. The summed E-state index contributed by atoms with van der Waals surface area (Å²) in [5.41, 5.74) is 3.56. The molecule has 3 heterocycles. The van der Waals surface area contributed by atoms with E-state index in [1.807, 2.05) is 0 Å². The van der Waals surface area contributed by atoms with Gasteiger partial charge in [-0.2, -0.15) is 0 Å². The molecule has 0 aromatic heterocycles. The first kappa shape index (κ1) is 21.4. The molecule has 0 aliphatic carbocycles. The van der Waals surface area contributed by atoms with Crippen molar-refractivity contribution in [2.75, 3.05) is 19.6 Å². The number of amides is 2. The largest absolute Gasteiger partial charge is 0.356 e. The van der Waals surface area contributed by atoms with Gasteiger partial charge in [0.25, 0.3) is 0 Å². The maximum atomic E-state index is 12.8. The summed E-state index contributed by atoms with van der Waals surface area (Å²) in [5.74, 6) is 0.198. The van der Waals surface area contributed by atoms with Gasteiger partial charge in [-0.15, -0.1) is 11.8 Å². The Bertz CT molecular complexity index is 810. The van der Waals surface area contributed by atoms with Gasteiger partial charge in [0.15, 0.2) is 0 Å². The van der Waals surface area contributed by atoms with Crippen LogP contribution in [0, 0.1) is 12.8 Å². The molecule has 1 aromatic carbocycles. The van der Waals surface area contributed by atoms with Crippen molar-refractivity contribution in [3.63, 3.8) is 0 Å². The third-order valence-electron chi connectivity index (χ3n) is 6.26. The number of benzene rings is 1. The van der Waals surface area contributed by atoms with Gasteiger partial charge >= 0.3 is 0 Å². The van der Waals surface area contributed by atoms with Gasteiger partial charge in [-0.1, -0.05) is 43.2 Å². The first-order valence-electron chi connectivity index (χ1n) is 11.1. The highest BCUT2D eigenvalue weighted by molar-refractivity contribution is 8.04. The number of piperidine rings is 1. The minimum Gasteiger partial charge on any atom is -0.356 e. The molecule has 7 heteroatoms. The fourth-order valence-corrected chi connectivity index (χ4v) is 5.61. The molecule has 2 amide bonds. The van der Waals surface area contributed by atoms with E-state index < -0.39 is 0 Å². The number of likely N-dealkylation sites (tertiary alicyclic amines) is 1. The number of rotatable bonds is 6. The lowest BCUT2D eigenvalue weighted by atomic mass is 9.94. The second-order valence-corrected chi connectivity index (χ2v) is 9.55. The predicted molar refractivity (Wildman–Crippen MR) is 122 cm³/mol. The summed E-state index contributed by atoms with van der Waals surface area (Å²) < 4.78 is 0. The smallest absolute Gasteiger partial charge is 0.237 e. The van der Waals surface area contributed by atoms with E-state index in [2.05, 4.69) is 64.4 Å². The number of nitrogens with one attached hydrogen (secondary N) is 3. The van der Waals surface area contributed by atoms with E-state index in [9.17, 15) is 9.59 Å². The van der Waals surface area contributed by atoms with Crippen molar-refractivity contribution in [3.8, 4) is 0 Å². The summed E-state index contributed by atoms with van der Waals surface area (Å²) in [6.45, 7) is 6.50. The normalized spacial score (nSPS) is 29.1. The monoisotopic (exact) mass is 428 g/mol. The van der Waals surface area contributed by atoms with Crippen LogP contribution in [0.15, 0.2) is 29.7 Å². The number of unbranched alkanes of at least 4 members (excludes halogenated alkanes) is 1. The molecule has 1 aromatic rings. The molecular weight excluding hydrogens is 396 g/mol. The van der Waals surface area contributed by atoms with Crippen molar-refractivity contribution >= 4 is 29.1 Å². The number of carbonyl (C=O) groups is 2. The maximum Gasteiger partial charge on any atom is 0.237 e. The lowest BCUT2D eigenvalue weighted by molar-refractivity contribution is -0.129. The fourth-order valence-electron chi connectivity index (χ4n) is 4.46. The van der Waals surface area contributed by atoms with Gasteiger partial charge in [0.1, 0.15) is 11.5 Å². The van der Waals surface area contributed by atoms with Gasteiger partial charge in [0, 0.05) is 19.6 Å². The first-order valence-corrected chi connectivity index (χ1v) is 12.0. The Morgan fingerprint density at radius 3 is 2.87 bits per heavy atom. The lowest BCUT2D eigenvalue weighted by Crippen LogP contribution is -2.69. The van der Waals surface area contributed by atoms with Crippen molar-refractivity contribution in [2.45, 2.75) is 57.1 Å². The zero-order valence-corrected chi connectivity index (χ0v) is 18.6. The Labute approximate surface area is 183 Å². The Kier molecular flexibility index (Phi) is 6.80. The molecule has 4 unspecified atom stereocenters. The van der Waals surface area contributed by atoms with Crippen LogP contribution in [0.5, 0.6) is 0 Å². The van der Waals surface area contributed by atoms with Gasteiger partial charge in [-0.3, -0.25) is 19.8 Å². The van der Waals surface area contributed by atoms with Crippen molar-refractivity contribution in [2.24, 2.45) is 5.92 Å². The molecule has 0 bridgehead atoms. The quantitative estimate of drug-likeness (QED) is 0.607. The highest BCUT2D eigenvalue weighted by atomic mass is 32.2. The highest BCUT2D eigenvalue weighted by Crippen LogP contribution is 2.38. The van der Waals surface area contributed by atoms with Crippen LogP contribution in [-0.2, 0) is 9.59 Å². The molecule has 0 saturated carbocycles. The molecule has 3 N–H and O–H groups in total. The van der Waals surface area contributed by atoms with Crippen LogP contribution in [0.25, 0.3) is 5.57 Å². The SMILES string of the molecule is CCCCNC(=O)C1CCCN(C2NC(=O)C3SC=C(c4ccc(C)cc4)C3N2)C1. The van der Waals surface area contributed by atoms with E-state index in [-0.39, 0.29) is 35.3 Å². The van der Waals surface area contributed by atoms with Gasteiger partial charge in [-0.25, -0.2) is 0 Å². The third kappa shape index (κ3) is 4.58. The molecule has 6 nitrogen and oxygen atoms in total. The van der Waals surface area contributed by atoms with E-state index >= 15 is 0 Å². The Morgan fingerprint density at radius 2 is 2.10 bits per heavy atom. The van der Waals surface area contributed by atoms with Crippen LogP contribution < -0.4 is 16.0 Å². The van der Waals surface area contributed by atoms with Gasteiger partial charge in [0.05, 0.1) is 12.0 Å². The summed E-state index contributed by atoms with van der Waals surface area (Å²) in [6, 6.07) is 8.47. The maximum absolute atomic E-state index is 12.8. The van der Waals surface area contributed by atoms with Gasteiger partial charge in [0.2, 0.25) is 11.8 Å². The van der Waals surface area contributed by atoms with Crippen molar-refractivity contribution < 1.29 is 9.59 Å². The molecule has 4 atom stereocenters. The summed E-state index contributed by atoms with van der Waals surface area (Å²) in [7, 11) is 0. The average molecular weight is 429 g/mol. The van der Waals surface area contributed by atoms with E-state index in [4.69, 9.17) is 0 Å². The summed E-state index contributed by atoms with van der Waals surface area (Å²) in [6.07, 6.45) is 3.72. The zero-order chi connectivity index (χ0) is 21.1.